The summed E-state index contributed by atoms with van der Waals surface area (Å²) in [6.07, 6.45) is 27.7. The van der Waals surface area contributed by atoms with Crippen LogP contribution in [-0.2, 0) is 0 Å². The second kappa shape index (κ2) is 27.1. The number of nitrogens with one attached hydrogen (secondary N) is 4. The molecular weight excluding hydrogens is 392 g/mol. The highest BCUT2D eigenvalue weighted by molar-refractivity contribution is 4.56. The Balaban J connectivity index is 2.00. The summed E-state index contributed by atoms with van der Waals surface area (Å²) in [6.45, 7) is 9.76. The lowest BCUT2D eigenvalue weighted by molar-refractivity contribution is 0.516. The molecule has 1 saturated heterocycles. The largest absolute Gasteiger partial charge is 0.317 e. The van der Waals surface area contributed by atoms with Crippen LogP contribution in [0.25, 0.3) is 0 Å². The van der Waals surface area contributed by atoms with Crippen LogP contribution in [0.3, 0.4) is 0 Å². The quantitative estimate of drug-likeness (QED) is 0.355. The van der Waals surface area contributed by atoms with E-state index < -0.39 is 0 Å². The van der Waals surface area contributed by atoms with E-state index in [4.69, 9.17) is 0 Å². The van der Waals surface area contributed by atoms with Crippen molar-refractivity contribution in [2.75, 3.05) is 52.4 Å². The van der Waals surface area contributed by atoms with Gasteiger partial charge in [-0.15, -0.1) is 0 Å². The van der Waals surface area contributed by atoms with Crippen molar-refractivity contribution in [3.05, 3.63) is 0 Å². The monoisotopic (exact) mass is 452 g/mol. The van der Waals surface area contributed by atoms with Crippen LogP contribution in [0.4, 0.5) is 0 Å². The second-order valence-electron chi connectivity index (χ2n) is 10.1. The molecule has 1 heterocycles. The van der Waals surface area contributed by atoms with Gasteiger partial charge >= 0.3 is 0 Å². The van der Waals surface area contributed by atoms with Gasteiger partial charge in [0, 0.05) is 0 Å². The maximum atomic E-state index is 3.64. The summed E-state index contributed by atoms with van der Waals surface area (Å²) in [7, 11) is 0. The zero-order chi connectivity index (χ0) is 22.6. The third kappa shape index (κ3) is 24.5. The Bertz CT molecular complexity index is 177. The molecule has 32 heavy (non-hydrogen) atoms. The van der Waals surface area contributed by atoms with Crippen molar-refractivity contribution in [3.63, 3.8) is 0 Å². The fourth-order valence-electron chi connectivity index (χ4n) is 4.62. The lowest BCUT2D eigenvalue weighted by atomic mass is 10.1. The van der Waals surface area contributed by atoms with Gasteiger partial charge in [-0.3, -0.25) is 0 Å². The average molecular weight is 453 g/mol. The fourth-order valence-corrected chi connectivity index (χ4v) is 4.62. The van der Waals surface area contributed by atoms with Gasteiger partial charge in [0.25, 0.3) is 0 Å². The molecule has 0 spiro atoms. The maximum absolute atomic E-state index is 3.64. The van der Waals surface area contributed by atoms with Crippen LogP contribution in [0.2, 0.25) is 0 Å². The molecule has 1 rings (SSSR count). The number of hydrogen-bond donors (Lipinski definition) is 4. The van der Waals surface area contributed by atoms with Crippen molar-refractivity contribution in [3.8, 4) is 0 Å². The summed E-state index contributed by atoms with van der Waals surface area (Å²) >= 11 is 0. The second-order valence-corrected chi connectivity index (χ2v) is 10.1. The van der Waals surface area contributed by atoms with Crippen LogP contribution < -0.4 is 21.3 Å². The Labute approximate surface area is 202 Å². The highest BCUT2D eigenvalue weighted by atomic mass is 14.9. The Morgan fingerprint density at radius 3 is 0.438 bits per heavy atom. The molecule has 0 saturated carbocycles. The summed E-state index contributed by atoms with van der Waals surface area (Å²) < 4.78 is 0. The lowest BCUT2D eigenvalue weighted by Crippen LogP contribution is -2.18. The smallest absolute Gasteiger partial charge is 0.00489 e. The first-order chi connectivity index (χ1) is 16.0. The normalized spacial score (nSPS) is 24.0. The van der Waals surface area contributed by atoms with Gasteiger partial charge in [0.05, 0.1) is 0 Å². The van der Waals surface area contributed by atoms with Crippen LogP contribution in [-0.4, -0.2) is 52.4 Å². The van der Waals surface area contributed by atoms with Crippen molar-refractivity contribution in [1.82, 2.24) is 21.3 Å². The van der Waals surface area contributed by atoms with Crippen LogP contribution in [0, 0.1) is 0 Å². The third-order valence-corrected chi connectivity index (χ3v) is 6.83. The molecule has 0 bridgehead atoms. The van der Waals surface area contributed by atoms with Gasteiger partial charge in [0.1, 0.15) is 0 Å². The first kappa shape index (κ1) is 29.9. The van der Waals surface area contributed by atoms with Gasteiger partial charge in [-0.25, -0.2) is 0 Å². The van der Waals surface area contributed by atoms with E-state index in [-0.39, 0.29) is 0 Å². The van der Waals surface area contributed by atoms with Crippen LogP contribution in [0.15, 0.2) is 0 Å². The number of hydrogen-bond acceptors (Lipinski definition) is 4. The lowest BCUT2D eigenvalue weighted by Gasteiger charge is -2.08. The first-order valence-electron chi connectivity index (χ1n) is 14.8. The summed E-state index contributed by atoms with van der Waals surface area (Å²) in [5, 5.41) is 14.6. The maximum Gasteiger partial charge on any atom is -0.00489 e. The first-order valence-corrected chi connectivity index (χ1v) is 14.8. The van der Waals surface area contributed by atoms with Crippen molar-refractivity contribution >= 4 is 0 Å². The van der Waals surface area contributed by atoms with Crippen molar-refractivity contribution in [2.45, 2.75) is 128 Å². The molecule has 4 N–H and O–H groups in total. The van der Waals surface area contributed by atoms with Gasteiger partial charge in [0.2, 0.25) is 0 Å². The fraction of sp³-hybridized carbons (Fsp3) is 1.00. The topological polar surface area (TPSA) is 48.1 Å². The molecule has 4 nitrogen and oxygen atoms in total. The minimum absolute atomic E-state index is 1.22. The molecule has 0 unspecified atom stereocenters. The molecule has 1 aliphatic heterocycles. The van der Waals surface area contributed by atoms with Gasteiger partial charge in [0.15, 0.2) is 0 Å². The third-order valence-electron chi connectivity index (χ3n) is 6.83. The van der Waals surface area contributed by atoms with E-state index in [9.17, 15) is 0 Å². The average Bonchev–Trinajstić information content (AvgIpc) is 2.80. The zero-order valence-corrected chi connectivity index (χ0v) is 21.8. The highest BCUT2D eigenvalue weighted by Gasteiger charge is 1.96. The SMILES string of the molecule is C1CCCNCCCCCCCNCCCCCCCNCCCCCCCNCCC1. The predicted octanol–water partition coefficient (Wildman–Crippen LogP) is 6.16. The Hall–Kier alpha value is -0.160. The zero-order valence-electron chi connectivity index (χ0n) is 21.8. The van der Waals surface area contributed by atoms with E-state index in [1.165, 1.54) is 181 Å². The summed E-state index contributed by atoms with van der Waals surface area (Å²) in [6, 6.07) is 0. The molecule has 4 heteroatoms. The van der Waals surface area contributed by atoms with E-state index in [0.717, 1.165) is 0 Å². The van der Waals surface area contributed by atoms with Crippen LogP contribution >= 0.6 is 0 Å². The standard InChI is InChI=1S/C28H60N4/c1-5-13-21-29-23-15-7-2-9-17-25-31-27-19-11-4-12-20-28-32-26-18-10-3-8-16-24-30-22-14-6-1/h29-32H,1-28H2. The molecule has 0 amide bonds. The Morgan fingerprint density at radius 2 is 0.281 bits per heavy atom. The van der Waals surface area contributed by atoms with Gasteiger partial charge in [-0.05, 0) is 104 Å². The van der Waals surface area contributed by atoms with E-state index in [1.54, 1.807) is 0 Å². The van der Waals surface area contributed by atoms with Crippen LogP contribution in [0.1, 0.15) is 128 Å². The molecular formula is C28H60N4. The van der Waals surface area contributed by atoms with Crippen molar-refractivity contribution in [1.29, 1.82) is 0 Å². The van der Waals surface area contributed by atoms with E-state index in [2.05, 4.69) is 21.3 Å². The number of rotatable bonds is 0. The van der Waals surface area contributed by atoms with Gasteiger partial charge < -0.3 is 21.3 Å². The van der Waals surface area contributed by atoms with Crippen LogP contribution in [0.5, 0.6) is 0 Å². The predicted molar refractivity (Wildman–Crippen MR) is 144 cm³/mol. The summed E-state index contributed by atoms with van der Waals surface area (Å²) in [5.41, 5.74) is 0. The Kier molecular flexibility index (Phi) is 25.3. The molecule has 1 fully saturated rings. The summed E-state index contributed by atoms with van der Waals surface area (Å²) in [5.74, 6) is 0. The molecule has 192 valence electrons. The highest BCUT2D eigenvalue weighted by Crippen LogP contribution is 2.05. The molecule has 0 aromatic carbocycles. The van der Waals surface area contributed by atoms with E-state index >= 15 is 0 Å². The van der Waals surface area contributed by atoms with Crippen molar-refractivity contribution < 1.29 is 0 Å². The molecule has 0 aromatic rings. The van der Waals surface area contributed by atoms with Gasteiger partial charge in [-0.1, -0.05) is 77.0 Å². The molecule has 1 aliphatic rings. The molecule has 0 aromatic heterocycles. The van der Waals surface area contributed by atoms with E-state index in [1.807, 2.05) is 0 Å². The minimum Gasteiger partial charge on any atom is -0.317 e. The Morgan fingerprint density at radius 1 is 0.156 bits per heavy atom. The molecule has 0 radical (unpaired) electrons. The molecule has 0 atom stereocenters. The van der Waals surface area contributed by atoms with Crippen molar-refractivity contribution in [2.24, 2.45) is 0 Å². The summed E-state index contributed by atoms with van der Waals surface area (Å²) in [4.78, 5) is 0. The van der Waals surface area contributed by atoms with E-state index in [0.29, 0.717) is 0 Å². The van der Waals surface area contributed by atoms with Gasteiger partial charge in [-0.2, -0.15) is 0 Å². The molecule has 0 aliphatic carbocycles. The minimum atomic E-state index is 1.22.